The average Bonchev–Trinajstić information content (AvgIpc) is 3.50. The lowest BCUT2D eigenvalue weighted by atomic mass is 10.1. The van der Waals surface area contributed by atoms with E-state index in [1.54, 1.807) is 26.0 Å². The summed E-state index contributed by atoms with van der Waals surface area (Å²) in [5, 5.41) is 11.9. The molecule has 214 valence electrons. The smallest absolute Gasteiger partial charge is 0.412 e. The monoisotopic (exact) mass is 578 g/mol. The summed E-state index contributed by atoms with van der Waals surface area (Å²) in [5.74, 6) is -1.80. The number of halogens is 3. The quantitative estimate of drug-likeness (QED) is 0.301. The number of amides is 2. The Morgan fingerprint density at radius 3 is 2.75 bits per heavy atom. The van der Waals surface area contributed by atoms with Crippen molar-refractivity contribution in [3.8, 4) is 11.3 Å². The van der Waals surface area contributed by atoms with E-state index in [0.29, 0.717) is 24.2 Å². The van der Waals surface area contributed by atoms with E-state index in [-0.39, 0.29) is 48.3 Å². The predicted octanol–water partition coefficient (Wildman–Crippen LogP) is 4.64. The summed E-state index contributed by atoms with van der Waals surface area (Å²) >= 11 is 5.96. The van der Waals surface area contributed by atoms with Crippen LogP contribution in [0.25, 0.3) is 11.3 Å². The molecule has 10 nitrogen and oxygen atoms in total. The molecular formula is C27H29ClF2N4O6. The van der Waals surface area contributed by atoms with E-state index < -0.39 is 29.6 Å². The summed E-state index contributed by atoms with van der Waals surface area (Å²) in [5.41, 5.74) is 0.963. The molecule has 1 saturated heterocycles. The highest BCUT2D eigenvalue weighted by Crippen LogP contribution is 2.26. The van der Waals surface area contributed by atoms with E-state index in [1.807, 2.05) is 0 Å². The zero-order chi connectivity index (χ0) is 28.7. The van der Waals surface area contributed by atoms with Crippen LogP contribution >= 0.6 is 11.6 Å². The molecule has 0 radical (unpaired) electrons. The van der Waals surface area contributed by atoms with Crippen molar-refractivity contribution in [1.82, 2.24) is 15.8 Å². The molecule has 0 unspecified atom stereocenters. The molecule has 2 heterocycles. The molecule has 0 aliphatic carbocycles. The van der Waals surface area contributed by atoms with Crippen molar-refractivity contribution in [2.75, 3.05) is 25.1 Å². The van der Waals surface area contributed by atoms with Gasteiger partial charge in [-0.15, -0.1) is 0 Å². The molecule has 40 heavy (non-hydrogen) atoms. The van der Waals surface area contributed by atoms with E-state index in [4.69, 9.17) is 30.3 Å². The molecule has 2 atom stereocenters. The summed E-state index contributed by atoms with van der Waals surface area (Å²) in [6.45, 7) is 3.78. The minimum Gasteiger partial charge on any atom is -0.447 e. The summed E-state index contributed by atoms with van der Waals surface area (Å²) < 4.78 is 49.0. The molecule has 1 aliphatic heterocycles. The first-order valence-electron chi connectivity index (χ1n) is 12.5. The number of aromatic nitrogens is 1. The van der Waals surface area contributed by atoms with Gasteiger partial charge in [-0.3, -0.25) is 10.1 Å². The molecule has 0 saturated carbocycles. The Bertz CT molecular complexity index is 1340. The third-order valence-corrected chi connectivity index (χ3v) is 6.30. The number of benzene rings is 2. The second kappa shape index (κ2) is 13.2. The minimum atomic E-state index is -0.832. The van der Waals surface area contributed by atoms with Gasteiger partial charge in [-0.1, -0.05) is 41.0 Å². The lowest BCUT2D eigenvalue weighted by Crippen LogP contribution is -2.45. The van der Waals surface area contributed by atoms with Gasteiger partial charge in [0.05, 0.1) is 30.3 Å². The standard InChI is InChI=1S/C27H29ClF2N4O6/c1-27(2)38-15-20(39-27)10-19(32-24(35)13-31-12-17-6-4-8-21(30)25(17)28)14-37-26(36)33-23-11-22(40-34-23)16-5-3-7-18(29)9-16/h3-9,11,19-20,31H,10,12-15H2,1-2H3,(H,32,35)(H,33,34,36)/t19-,20+/m0/s1. The molecule has 13 heteroatoms. The Kier molecular flexibility index (Phi) is 9.69. The van der Waals surface area contributed by atoms with E-state index in [9.17, 15) is 18.4 Å². The van der Waals surface area contributed by atoms with Crippen LogP contribution in [0.5, 0.6) is 0 Å². The van der Waals surface area contributed by atoms with Crippen molar-refractivity contribution in [2.45, 2.75) is 44.7 Å². The minimum absolute atomic E-state index is 0.0103. The molecule has 4 rings (SSSR count). The molecule has 1 aliphatic rings. The summed E-state index contributed by atoms with van der Waals surface area (Å²) in [6, 6.07) is 11.0. The van der Waals surface area contributed by atoms with Gasteiger partial charge in [0.2, 0.25) is 5.91 Å². The zero-order valence-electron chi connectivity index (χ0n) is 21.8. The molecule has 1 aromatic heterocycles. The van der Waals surface area contributed by atoms with E-state index in [2.05, 4.69) is 21.1 Å². The first kappa shape index (κ1) is 29.4. The number of hydrogen-bond donors (Lipinski definition) is 3. The molecule has 0 spiro atoms. The van der Waals surface area contributed by atoms with E-state index in [1.165, 1.54) is 36.4 Å². The van der Waals surface area contributed by atoms with Crippen molar-refractivity contribution in [3.63, 3.8) is 0 Å². The molecule has 3 aromatic rings. The maximum atomic E-state index is 13.6. The van der Waals surface area contributed by atoms with Gasteiger partial charge in [-0.05, 0) is 44.0 Å². The molecule has 0 bridgehead atoms. The average molecular weight is 579 g/mol. The van der Waals surface area contributed by atoms with Gasteiger partial charge in [0.1, 0.15) is 18.2 Å². The molecule has 3 N–H and O–H groups in total. The maximum Gasteiger partial charge on any atom is 0.412 e. The lowest BCUT2D eigenvalue weighted by molar-refractivity contribution is -0.140. The highest BCUT2D eigenvalue weighted by molar-refractivity contribution is 6.31. The Hall–Kier alpha value is -3.58. The van der Waals surface area contributed by atoms with Crippen LogP contribution < -0.4 is 16.0 Å². The number of rotatable bonds is 11. The maximum absolute atomic E-state index is 13.6. The van der Waals surface area contributed by atoms with Crippen LogP contribution in [0.4, 0.5) is 19.4 Å². The second-order valence-electron chi connectivity index (χ2n) is 9.58. The van der Waals surface area contributed by atoms with Crippen LogP contribution in [-0.4, -0.2) is 54.8 Å². The highest BCUT2D eigenvalue weighted by atomic mass is 35.5. The third kappa shape index (κ3) is 8.46. The number of carbonyl (C=O) groups is 2. The number of ether oxygens (including phenoxy) is 3. The fraction of sp³-hybridized carbons (Fsp3) is 0.370. The molecule has 2 aromatic carbocycles. The number of anilines is 1. The van der Waals surface area contributed by atoms with Gasteiger partial charge in [0.25, 0.3) is 0 Å². The summed E-state index contributed by atoms with van der Waals surface area (Å²) in [6.07, 6.45) is -0.859. The van der Waals surface area contributed by atoms with Crippen LogP contribution in [0.3, 0.4) is 0 Å². The van der Waals surface area contributed by atoms with Crippen LogP contribution in [0.1, 0.15) is 25.8 Å². The first-order chi connectivity index (χ1) is 19.1. The van der Waals surface area contributed by atoms with Crippen molar-refractivity contribution >= 4 is 29.4 Å². The Morgan fingerprint density at radius 1 is 1.20 bits per heavy atom. The molecule has 2 amide bonds. The largest absolute Gasteiger partial charge is 0.447 e. The summed E-state index contributed by atoms with van der Waals surface area (Å²) in [4.78, 5) is 25.1. The third-order valence-electron chi connectivity index (χ3n) is 5.88. The van der Waals surface area contributed by atoms with Crippen LogP contribution in [0, 0.1) is 11.6 Å². The van der Waals surface area contributed by atoms with Crippen LogP contribution in [0.2, 0.25) is 5.02 Å². The van der Waals surface area contributed by atoms with Crippen molar-refractivity contribution in [2.24, 2.45) is 0 Å². The van der Waals surface area contributed by atoms with E-state index >= 15 is 0 Å². The second-order valence-corrected chi connectivity index (χ2v) is 9.96. The molecular weight excluding hydrogens is 550 g/mol. The van der Waals surface area contributed by atoms with Crippen LogP contribution in [-0.2, 0) is 25.5 Å². The normalized spacial score (nSPS) is 16.9. The van der Waals surface area contributed by atoms with Gasteiger partial charge in [-0.2, -0.15) is 0 Å². The van der Waals surface area contributed by atoms with E-state index in [0.717, 1.165) is 0 Å². The van der Waals surface area contributed by atoms with Crippen LogP contribution in [0.15, 0.2) is 53.1 Å². The SMILES string of the molecule is CC1(C)OC[C@@H](C[C@@H](COC(=O)Nc2cc(-c3cccc(F)c3)on2)NC(=O)CNCc2cccc(F)c2Cl)O1. The van der Waals surface area contributed by atoms with Crippen molar-refractivity contribution in [3.05, 3.63) is 70.8 Å². The topological polar surface area (TPSA) is 124 Å². The first-order valence-corrected chi connectivity index (χ1v) is 12.9. The number of nitrogens with one attached hydrogen (secondary N) is 3. The number of carbonyl (C=O) groups excluding carboxylic acids is 2. The van der Waals surface area contributed by atoms with Gasteiger partial charge >= 0.3 is 6.09 Å². The number of hydrogen-bond acceptors (Lipinski definition) is 8. The van der Waals surface area contributed by atoms with Crippen molar-refractivity contribution < 1.29 is 37.1 Å². The van der Waals surface area contributed by atoms with Gasteiger partial charge in [-0.25, -0.2) is 13.6 Å². The Balaban J connectivity index is 1.30. The predicted molar refractivity (Wildman–Crippen MR) is 141 cm³/mol. The fourth-order valence-electron chi connectivity index (χ4n) is 4.07. The highest BCUT2D eigenvalue weighted by Gasteiger charge is 2.34. The fourth-order valence-corrected chi connectivity index (χ4v) is 4.26. The zero-order valence-corrected chi connectivity index (χ0v) is 22.6. The lowest BCUT2D eigenvalue weighted by Gasteiger charge is -2.23. The van der Waals surface area contributed by atoms with Gasteiger partial charge < -0.3 is 29.4 Å². The summed E-state index contributed by atoms with van der Waals surface area (Å²) in [7, 11) is 0. The number of nitrogens with zero attached hydrogens (tertiary/aromatic N) is 1. The Morgan fingerprint density at radius 2 is 2.00 bits per heavy atom. The van der Waals surface area contributed by atoms with Crippen molar-refractivity contribution in [1.29, 1.82) is 0 Å². The molecule has 1 fully saturated rings. The van der Waals surface area contributed by atoms with Gasteiger partial charge in [0, 0.05) is 18.2 Å². The van der Waals surface area contributed by atoms with Gasteiger partial charge in [0.15, 0.2) is 17.4 Å². The Labute approximate surface area is 234 Å².